The third-order valence-electron chi connectivity index (χ3n) is 3.24. The first kappa shape index (κ1) is 16.8. The lowest BCUT2D eigenvalue weighted by atomic mass is 9.93. The van der Waals surface area contributed by atoms with E-state index in [1.165, 1.54) is 0 Å². The maximum absolute atomic E-state index is 12.2. The normalized spacial score (nSPS) is 13.9. The molecule has 0 aliphatic carbocycles. The molecule has 0 saturated carbocycles. The summed E-state index contributed by atoms with van der Waals surface area (Å²) in [6.45, 7) is 2.58. The Kier molecular flexibility index (Phi) is 8.11. The van der Waals surface area contributed by atoms with E-state index in [9.17, 15) is 9.90 Å². The van der Waals surface area contributed by atoms with Gasteiger partial charge in [0, 0.05) is 18.9 Å². The lowest BCUT2D eigenvalue weighted by molar-refractivity contribution is -0.125. The van der Waals surface area contributed by atoms with Crippen molar-refractivity contribution in [3.63, 3.8) is 0 Å². The molecule has 0 fully saturated rings. The molecule has 0 saturated heterocycles. The van der Waals surface area contributed by atoms with Gasteiger partial charge in [-0.3, -0.25) is 4.79 Å². The number of carbonyl (C=O) groups is 1. The van der Waals surface area contributed by atoms with Crippen molar-refractivity contribution in [3.05, 3.63) is 35.9 Å². The predicted octanol–water partition coefficient (Wildman–Crippen LogP) is 1.58. The van der Waals surface area contributed by atoms with E-state index in [1.807, 2.05) is 37.3 Å². The Bertz CT molecular complexity index is 377. The van der Waals surface area contributed by atoms with Crippen molar-refractivity contribution in [1.82, 2.24) is 0 Å². The Morgan fingerprint density at radius 1 is 1.30 bits per heavy atom. The van der Waals surface area contributed by atoms with Crippen LogP contribution in [0, 0.1) is 5.92 Å². The van der Waals surface area contributed by atoms with E-state index in [4.69, 9.17) is 9.84 Å². The Labute approximate surface area is 120 Å². The molecule has 0 amide bonds. The molecule has 2 atom stereocenters. The molecule has 0 aliphatic rings. The minimum absolute atomic E-state index is 0.0785. The van der Waals surface area contributed by atoms with Crippen LogP contribution in [-0.2, 0) is 16.0 Å². The second-order valence-corrected chi connectivity index (χ2v) is 4.89. The number of aliphatic hydroxyl groups is 2. The maximum Gasteiger partial charge on any atom is 0.138 e. The largest absolute Gasteiger partial charge is 0.394 e. The second kappa shape index (κ2) is 9.64. The van der Waals surface area contributed by atoms with Crippen LogP contribution in [0.25, 0.3) is 0 Å². The average Bonchev–Trinajstić information content (AvgIpc) is 2.49. The molecule has 1 aromatic rings. The molecule has 0 heterocycles. The van der Waals surface area contributed by atoms with Crippen LogP contribution in [0.3, 0.4) is 0 Å². The Morgan fingerprint density at radius 3 is 2.60 bits per heavy atom. The SMILES string of the molecule is CCOCC(Cc1ccccc1)C(=O)CC[C@@H](O)CO. The number of ether oxygens (including phenoxy) is 1. The van der Waals surface area contributed by atoms with Gasteiger partial charge in [0.25, 0.3) is 0 Å². The second-order valence-electron chi connectivity index (χ2n) is 4.89. The van der Waals surface area contributed by atoms with Crippen molar-refractivity contribution in [2.24, 2.45) is 5.92 Å². The number of carbonyl (C=O) groups excluding carboxylic acids is 1. The highest BCUT2D eigenvalue weighted by Crippen LogP contribution is 2.14. The van der Waals surface area contributed by atoms with Crippen molar-refractivity contribution in [2.45, 2.75) is 32.3 Å². The first-order valence-corrected chi connectivity index (χ1v) is 7.10. The number of benzene rings is 1. The minimum Gasteiger partial charge on any atom is -0.394 e. The van der Waals surface area contributed by atoms with Crippen LogP contribution in [0.5, 0.6) is 0 Å². The summed E-state index contributed by atoms with van der Waals surface area (Å²) in [6, 6.07) is 9.84. The Hall–Kier alpha value is -1.23. The number of rotatable bonds is 10. The third-order valence-corrected chi connectivity index (χ3v) is 3.24. The van der Waals surface area contributed by atoms with Crippen LogP contribution in [0.2, 0.25) is 0 Å². The van der Waals surface area contributed by atoms with E-state index >= 15 is 0 Å². The molecular formula is C16H24O4. The van der Waals surface area contributed by atoms with Gasteiger partial charge in [0.1, 0.15) is 5.78 Å². The fourth-order valence-corrected chi connectivity index (χ4v) is 2.03. The zero-order valence-corrected chi connectivity index (χ0v) is 12.0. The number of ketones is 1. The smallest absolute Gasteiger partial charge is 0.138 e. The fourth-order valence-electron chi connectivity index (χ4n) is 2.03. The highest BCUT2D eigenvalue weighted by Gasteiger charge is 2.20. The molecule has 20 heavy (non-hydrogen) atoms. The van der Waals surface area contributed by atoms with E-state index in [1.54, 1.807) is 0 Å². The standard InChI is InChI=1S/C16H24O4/c1-2-20-12-14(10-13-6-4-3-5-7-13)16(19)9-8-15(18)11-17/h3-7,14-15,17-18H,2,8-12H2,1H3/t14?,15-/m1/s1. The number of aliphatic hydroxyl groups excluding tert-OH is 2. The summed E-state index contributed by atoms with van der Waals surface area (Å²) in [5, 5.41) is 18.1. The molecule has 1 aromatic carbocycles. The molecule has 4 nitrogen and oxygen atoms in total. The van der Waals surface area contributed by atoms with Crippen molar-refractivity contribution in [1.29, 1.82) is 0 Å². The third kappa shape index (κ3) is 6.28. The summed E-state index contributed by atoms with van der Waals surface area (Å²) >= 11 is 0. The van der Waals surface area contributed by atoms with Gasteiger partial charge >= 0.3 is 0 Å². The summed E-state index contributed by atoms with van der Waals surface area (Å²) in [7, 11) is 0. The Morgan fingerprint density at radius 2 is 2.00 bits per heavy atom. The summed E-state index contributed by atoms with van der Waals surface area (Å²) < 4.78 is 5.39. The molecule has 112 valence electrons. The highest BCUT2D eigenvalue weighted by atomic mass is 16.5. The van der Waals surface area contributed by atoms with Crippen molar-refractivity contribution in [2.75, 3.05) is 19.8 Å². The van der Waals surface area contributed by atoms with Gasteiger partial charge in [-0.1, -0.05) is 30.3 Å². The highest BCUT2D eigenvalue weighted by molar-refractivity contribution is 5.81. The summed E-state index contributed by atoms with van der Waals surface area (Å²) in [6.07, 6.45) is 0.400. The van der Waals surface area contributed by atoms with Crippen LogP contribution < -0.4 is 0 Å². The number of hydrogen-bond donors (Lipinski definition) is 2. The molecule has 1 unspecified atom stereocenters. The predicted molar refractivity (Wildman–Crippen MR) is 77.5 cm³/mol. The fraction of sp³-hybridized carbons (Fsp3) is 0.562. The van der Waals surface area contributed by atoms with E-state index in [2.05, 4.69) is 0 Å². The monoisotopic (exact) mass is 280 g/mol. The summed E-state index contributed by atoms with van der Waals surface area (Å²) in [4.78, 5) is 12.2. The molecule has 0 aliphatic heterocycles. The van der Waals surface area contributed by atoms with Crippen molar-refractivity contribution < 1.29 is 19.7 Å². The molecule has 2 N–H and O–H groups in total. The van der Waals surface area contributed by atoms with E-state index in [0.29, 0.717) is 26.1 Å². The topological polar surface area (TPSA) is 66.8 Å². The first-order chi connectivity index (χ1) is 9.67. The molecule has 0 radical (unpaired) electrons. The lowest BCUT2D eigenvalue weighted by Crippen LogP contribution is -2.24. The maximum atomic E-state index is 12.2. The minimum atomic E-state index is -0.816. The van der Waals surface area contributed by atoms with Crippen LogP contribution in [0.15, 0.2) is 30.3 Å². The van der Waals surface area contributed by atoms with Gasteiger partial charge in [0.05, 0.1) is 19.3 Å². The van der Waals surface area contributed by atoms with Gasteiger partial charge < -0.3 is 14.9 Å². The first-order valence-electron chi connectivity index (χ1n) is 7.10. The van der Waals surface area contributed by atoms with Crippen LogP contribution >= 0.6 is 0 Å². The van der Waals surface area contributed by atoms with Crippen LogP contribution in [0.4, 0.5) is 0 Å². The zero-order chi connectivity index (χ0) is 14.8. The van der Waals surface area contributed by atoms with Gasteiger partial charge in [0.2, 0.25) is 0 Å². The van der Waals surface area contributed by atoms with E-state index in [0.717, 1.165) is 5.56 Å². The van der Waals surface area contributed by atoms with Crippen molar-refractivity contribution >= 4 is 5.78 Å². The number of hydrogen-bond acceptors (Lipinski definition) is 4. The molecule has 0 spiro atoms. The van der Waals surface area contributed by atoms with Gasteiger partial charge in [-0.15, -0.1) is 0 Å². The molecule has 0 bridgehead atoms. The van der Waals surface area contributed by atoms with Gasteiger partial charge in [-0.2, -0.15) is 0 Å². The van der Waals surface area contributed by atoms with E-state index < -0.39 is 6.10 Å². The van der Waals surface area contributed by atoms with Gasteiger partial charge in [-0.05, 0) is 25.3 Å². The van der Waals surface area contributed by atoms with Gasteiger partial charge in [0.15, 0.2) is 0 Å². The molecule has 0 aromatic heterocycles. The quantitative estimate of drug-likeness (QED) is 0.683. The van der Waals surface area contributed by atoms with Gasteiger partial charge in [-0.25, -0.2) is 0 Å². The summed E-state index contributed by atoms with van der Waals surface area (Å²) in [5.41, 5.74) is 1.10. The molecule has 1 rings (SSSR count). The number of Topliss-reactive ketones (excluding diaryl/α,β-unsaturated/α-hetero) is 1. The van der Waals surface area contributed by atoms with Crippen LogP contribution in [0.1, 0.15) is 25.3 Å². The molecule has 4 heteroatoms. The van der Waals surface area contributed by atoms with Crippen molar-refractivity contribution in [3.8, 4) is 0 Å². The average molecular weight is 280 g/mol. The van der Waals surface area contributed by atoms with Crippen LogP contribution in [-0.4, -0.2) is 41.9 Å². The van der Waals surface area contributed by atoms with E-state index in [-0.39, 0.29) is 24.7 Å². The lowest BCUT2D eigenvalue weighted by Gasteiger charge is -2.16. The molecular weight excluding hydrogens is 256 g/mol. The Balaban J connectivity index is 2.56. The summed E-state index contributed by atoms with van der Waals surface area (Å²) in [5.74, 6) is -0.113. The zero-order valence-electron chi connectivity index (χ0n) is 12.0.